The maximum absolute atomic E-state index is 5.28. The summed E-state index contributed by atoms with van der Waals surface area (Å²) in [6, 6.07) is 11.1. The molecule has 94 valence electrons. The molecule has 2 aromatic rings. The number of thiophene rings is 1. The molecule has 3 rings (SSSR count). The van der Waals surface area contributed by atoms with Crippen LogP contribution < -0.4 is 10.1 Å². The highest BCUT2D eigenvalue weighted by molar-refractivity contribution is 7.10. The lowest BCUT2D eigenvalue weighted by Gasteiger charge is -2.24. The maximum atomic E-state index is 5.28. The SMILES string of the molecule is COc1cccc(C[C@H]2NCCc3ccsc32)c1. The van der Waals surface area contributed by atoms with Crippen molar-refractivity contribution in [3.8, 4) is 5.75 Å². The largest absolute Gasteiger partial charge is 0.497 e. The summed E-state index contributed by atoms with van der Waals surface area (Å²) in [7, 11) is 1.72. The van der Waals surface area contributed by atoms with Crippen LogP contribution >= 0.6 is 11.3 Å². The van der Waals surface area contributed by atoms with E-state index in [1.807, 2.05) is 17.4 Å². The Kier molecular flexibility index (Phi) is 3.35. The molecule has 0 unspecified atom stereocenters. The highest BCUT2D eigenvalue weighted by atomic mass is 32.1. The van der Waals surface area contributed by atoms with Gasteiger partial charge in [-0.3, -0.25) is 0 Å². The maximum Gasteiger partial charge on any atom is 0.119 e. The summed E-state index contributed by atoms with van der Waals surface area (Å²) in [5, 5.41) is 5.82. The van der Waals surface area contributed by atoms with E-state index in [2.05, 4.69) is 35.0 Å². The van der Waals surface area contributed by atoms with E-state index < -0.39 is 0 Å². The quantitative estimate of drug-likeness (QED) is 0.914. The number of hydrogen-bond donors (Lipinski definition) is 1. The van der Waals surface area contributed by atoms with Gasteiger partial charge < -0.3 is 10.1 Å². The van der Waals surface area contributed by atoms with Crippen molar-refractivity contribution in [1.29, 1.82) is 0 Å². The molecule has 1 aromatic heterocycles. The van der Waals surface area contributed by atoms with Crippen LogP contribution in [-0.4, -0.2) is 13.7 Å². The second-order valence-corrected chi connectivity index (χ2v) is 5.57. The van der Waals surface area contributed by atoms with Gasteiger partial charge in [0, 0.05) is 10.9 Å². The zero-order valence-corrected chi connectivity index (χ0v) is 11.3. The Hall–Kier alpha value is -1.32. The molecule has 0 radical (unpaired) electrons. The third-order valence-corrected chi connectivity index (χ3v) is 4.53. The van der Waals surface area contributed by atoms with E-state index in [0.717, 1.165) is 25.1 Å². The first-order chi connectivity index (χ1) is 8.86. The lowest BCUT2D eigenvalue weighted by atomic mass is 9.98. The Morgan fingerprint density at radius 3 is 3.22 bits per heavy atom. The van der Waals surface area contributed by atoms with Crippen LogP contribution in [0.25, 0.3) is 0 Å². The van der Waals surface area contributed by atoms with Crippen molar-refractivity contribution < 1.29 is 4.74 Å². The van der Waals surface area contributed by atoms with Gasteiger partial charge in [-0.05, 0) is 54.1 Å². The Morgan fingerprint density at radius 2 is 2.33 bits per heavy atom. The molecule has 1 aliphatic heterocycles. The fourth-order valence-corrected chi connectivity index (χ4v) is 3.56. The van der Waals surface area contributed by atoms with Crippen LogP contribution in [0.5, 0.6) is 5.75 Å². The Labute approximate surface area is 112 Å². The van der Waals surface area contributed by atoms with E-state index in [1.54, 1.807) is 7.11 Å². The van der Waals surface area contributed by atoms with Gasteiger partial charge in [0.25, 0.3) is 0 Å². The van der Waals surface area contributed by atoms with Crippen LogP contribution in [0.3, 0.4) is 0 Å². The Balaban J connectivity index is 1.81. The molecule has 0 fully saturated rings. The third-order valence-electron chi connectivity index (χ3n) is 3.46. The normalized spacial score (nSPS) is 18.4. The summed E-state index contributed by atoms with van der Waals surface area (Å²) >= 11 is 1.87. The second kappa shape index (κ2) is 5.12. The molecule has 1 aromatic carbocycles. The molecule has 2 nitrogen and oxygen atoms in total. The van der Waals surface area contributed by atoms with E-state index >= 15 is 0 Å². The zero-order valence-electron chi connectivity index (χ0n) is 10.5. The van der Waals surface area contributed by atoms with Crippen molar-refractivity contribution in [3.05, 3.63) is 51.7 Å². The van der Waals surface area contributed by atoms with Gasteiger partial charge in [0.05, 0.1) is 7.11 Å². The molecule has 0 bridgehead atoms. The molecule has 0 spiro atoms. The molecular formula is C15H17NOS. The smallest absolute Gasteiger partial charge is 0.119 e. The number of nitrogens with one attached hydrogen (secondary N) is 1. The molecule has 1 atom stereocenters. The van der Waals surface area contributed by atoms with Crippen molar-refractivity contribution in [2.45, 2.75) is 18.9 Å². The van der Waals surface area contributed by atoms with Crippen molar-refractivity contribution in [3.63, 3.8) is 0 Å². The van der Waals surface area contributed by atoms with Crippen LogP contribution in [0.15, 0.2) is 35.7 Å². The molecule has 3 heteroatoms. The molecule has 0 amide bonds. The van der Waals surface area contributed by atoms with Crippen molar-refractivity contribution in [2.24, 2.45) is 0 Å². The zero-order chi connectivity index (χ0) is 12.4. The molecule has 18 heavy (non-hydrogen) atoms. The number of fused-ring (bicyclic) bond motifs is 1. The van der Waals surface area contributed by atoms with Gasteiger partial charge in [-0.1, -0.05) is 12.1 Å². The molecule has 2 heterocycles. The van der Waals surface area contributed by atoms with Crippen molar-refractivity contribution >= 4 is 11.3 Å². The molecule has 0 saturated carbocycles. The highest BCUT2D eigenvalue weighted by Crippen LogP contribution is 2.31. The van der Waals surface area contributed by atoms with E-state index in [9.17, 15) is 0 Å². The highest BCUT2D eigenvalue weighted by Gasteiger charge is 2.21. The van der Waals surface area contributed by atoms with Crippen LogP contribution in [0.2, 0.25) is 0 Å². The van der Waals surface area contributed by atoms with E-state index in [1.165, 1.54) is 16.0 Å². The summed E-state index contributed by atoms with van der Waals surface area (Å²) in [6.45, 7) is 1.08. The molecule has 0 saturated heterocycles. The average Bonchev–Trinajstić information content (AvgIpc) is 2.88. The summed E-state index contributed by atoms with van der Waals surface area (Å²) in [6.07, 6.45) is 2.19. The summed E-state index contributed by atoms with van der Waals surface area (Å²) in [5.74, 6) is 0.940. The van der Waals surface area contributed by atoms with E-state index in [0.29, 0.717) is 6.04 Å². The summed E-state index contributed by atoms with van der Waals surface area (Å²) < 4.78 is 5.28. The molecule has 1 N–H and O–H groups in total. The minimum absolute atomic E-state index is 0.459. The minimum Gasteiger partial charge on any atom is -0.497 e. The monoisotopic (exact) mass is 259 g/mol. The number of ether oxygens (including phenoxy) is 1. The standard InChI is InChI=1S/C15H17NOS/c1-17-13-4-2-3-11(9-13)10-14-15-12(5-7-16-14)6-8-18-15/h2-4,6,8-9,14,16H,5,7,10H2,1H3/t14-/m1/s1. The Bertz CT molecular complexity index is 535. The molecule has 1 aliphatic rings. The molecule has 0 aliphatic carbocycles. The number of hydrogen-bond acceptors (Lipinski definition) is 3. The van der Waals surface area contributed by atoms with E-state index in [4.69, 9.17) is 4.74 Å². The van der Waals surface area contributed by atoms with Gasteiger partial charge in [-0.2, -0.15) is 0 Å². The first-order valence-corrected chi connectivity index (χ1v) is 7.17. The third kappa shape index (κ3) is 2.28. The number of rotatable bonds is 3. The van der Waals surface area contributed by atoms with Crippen molar-refractivity contribution in [1.82, 2.24) is 5.32 Å². The lowest BCUT2D eigenvalue weighted by molar-refractivity contribution is 0.413. The minimum atomic E-state index is 0.459. The predicted octanol–water partition coefficient (Wildman–Crippen LogP) is 3.19. The summed E-state index contributed by atoms with van der Waals surface area (Å²) in [5.41, 5.74) is 2.85. The Morgan fingerprint density at radius 1 is 1.39 bits per heavy atom. The van der Waals surface area contributed by atoms with Gasteiger partial charge in [-0.25, -0.2) is 0 Å². The predicted molar refractivity (Wildman–Crippen MR) is 75.5 cm³/mol. The van der Waals surface area contributed by atoms with Crippen LogP contribution in [0.1, 0.15) is 22.0 Å². The first kappa shape index (κ1) is 11.8. The van der Waals surface area contributed by atoms with Crippen LogP contribution in [0, 0.1) is 0 Å². The van der Waals surface area contributed by atoms with Crippen LogP contribution in [-0.2, 0) is 12.8 Å². The summed E-state index contributed by atoms with van der Waals surface area (Å²) in [4.78, 5) is 1.50. The topological polar surface area (TPSA) is 21.3 Å². The first-order valence-electron chi connectivity index (χ1n) is 6.29. The van der Waals surface area contributed by atoms with Gasteiger partial charge in [0.2, 0.25) is 0 Å². The van der Waals surface area contributed by atoms with Gasteiger partial charge >= 0.3 is 0 Å². The van der Waals surface area contributed by atoms with Gasteiger partial charge in [0.1, 0.15) is 5.75 Å². The van der Waals surface area contributed by atoms with Gasteiger partial charge in [0.15, 0.2) is 0 Å². The lowest BCUT2D eigenvalue weighted by Crippen LogP contribution is -2.29. The number of methoxy groups -OCH3 is 1. The van der Waals surface area contributed by atoms with Crippen LogP contribution in [0.4, 0.5) is 0 Å². The second-order valence-electron chi connectivity index (χ2n) is 4.62. The fraction of sp³-hybridized carbons (Fsp3) is 0.333. The van der Waals surface area contributed by atoms with Gasteiger partial charge in [-0.15, -0.1) is 11.3 Å². The van der Waals surface area contributed by atoms with E-state index in [-0.39, 0.29) is 0 Å². The number of benzene rings is 1. The molecular weight excluding hydrogens is 242 g/mol. The average molecular weight is 259 g/mol. The fourth-order valence-electron chi connectivity index (χ4n) is 2.53. The van der Waals surface area contributed by atoms with Crippen molar-refractivity contribution in [2.75, 3.05) is 13.7 Å².